The lowest BCUT2D eigenvalue weighted by molar-refractivity contribution is 0.0739. The van der Waals surface area contributed by atoms with Crippen molar-refractivity contribution in [2.75, 3.05) is 6.54 Å². The van der Waals surface area contributed by atoms with Gasteiger partial charge in [-0.05, 0) is 57.4 Å². The van der Waals surface area contributed by atoms with Gasteiger partial charge >= 0.3 is 0 Å². The molecule has 3 fully saturated rings. The Kier molecular flexibility index (Phi) is 5.99. The fourth-order valence-electron chi connectivity index (χ4n) is 5.23. The van der Waals surface area contributed by atoms with Crippen LogP contribution in [0.4, 0.5) is 0 Å². The SMILES string of the molecule is NC1CCCC1CCN(C1CCCCC1)C1CCCCC1. The molecule has 0 heterocycles. The van der Waals surface area contributed by atoms with E-state index in [2.05, 4.69) is 4.90 Å². The molecule has 122 valence electrons. The summed E-state index contributed by atoms with van der Waals surface area (Å²) in [5, 5.41) is 0. The van der Waals surface area contributed by atoms with E-state index in [1.165, 1.54) is 96.4 Å². The average Bonchev–Trinajstić information content (AvgIpc) is 2.95. The standard InChI is InChI=1S/C19H36N2/c20-19-13-7-8-16(19)14-15-21(17-9-3-1-4-10-17)18-11-5-2-6-12-18/h16-19H,1-15,20H2. The predicted molar refractivity (Wildman–Crippen MR) is 90.4 cm³/mol. The summed E-state index contributed by atoms with van der Waals surface area (Å²) in [6, 6.07) is 2.31. The van der Waals surface area contributed by atoms with Crippen LogP contribution in [0.25, 0.3) is 0 Å². The van der Waals surface area contributed by atoms with Gasteiger partial charge in [0.25, 0.3) is 0 Å². The first-order valence-corrected chi connectivity index (χ1v) is 9.86. The highest BCUT2D eigenvalue weighted by Gasteiger charge is 2.30. The van der Waals surface area contributed by atoms with Crippen molar-refractivity contribution in [3.8, 4) is 0 Å². The fraction of sp³-hybridized carbons (Fsp3) is 1.00. The zero-order chi connectivity index (χ0) is 14.5. The molecule has 0 aromatic carbocycles. The van der Waals surface area contributed by atoms with E-state index in [9.17, 15) is 0 Å². The van der Waals surface area contributed by atoms with Gasteiger partial charge in [-0.25, -0.2) is 0 Å². The second-order valence-corrected chi connectivity index (χ2v) is 7.97. The zero-order valence-corrected chi connectivity index (χ0v) is 13.9. The average molecular weight is 293 g/mol. The highest BCUT2D eigenvalue weighted by Crippen LogP contribution is 2.32. The van der Waals surface area contributed by atoms with E-state index in [1.807, 2.05) is 0 Å². The number of hydrogen-bond acceptors (Lipinski definition) is 2. The molecule has 3 aliphatic rings. The maximum absolute atomic E-state index is 6.30. The topological polar surface area (TPSA) is 29.3 Å². The number of nitrogens with zero attached hydrogens (tertiary/aromatic N) is 1. The van der Waals surface area contributed by atoms with Crippen molar-refractivity contribution in [3.05, 3.63) is 0 Å². The summed E-state index contributed by atoms with van der Waals surface area (Å²) >= 11 is 0. The summed E-state index contributed by atoms with van der Waals surface area (Å²) in [6.07, 6.45) is 20.1. The van der Waals surface area contributed by atoms with Crippen molar-refractivity contribution in [1.29, 1.82) is 0 Å². The van der Waals surface area contributed by atoms with Crippen LogP contribution < -0.4 is 5.73 Å². The molecule has 2 atom stereocenters. The first-order chi connectivity index (χ1) is 10.3. The molecule has 3 aliphatic carbocycles. The van der Waals surface area contributed by atoms with Crippen LogP contribution in [0.3, 0.4) is 0 Å². The summed E-state index contributed by atoms with van der Waals surface area (Å²) in [6.45, 7) is 1.34. The molecule has 3 rings (SSSR count). The minimum absolute atomic E-state index is 0.504. The molecule has 2 N–H and O–H groups in total. The Balaban J connectivity index is 1.57. The van der Waals surface area contributed by atoms with E-state index in [0.717, 1.165) is 18.0 Å². The van der Waals surface area contributed by atoms with E-state index in [1.54, 1.807) is 0 Å². The summed E-state index contributed by atoms with van der Waals surface area (Å²) < 4.78 is 0. The molecule has 0 saturated heterocycles. The van der Waals surface area contributed by atoms with Gasteiger partial charge in [0.2, 0.25) is 0 Å². The van der Waals surface area contributed by atoms with Gasteiger partial charge in [-0.2, -0.15) is 0 Å². The minimum atomic E-state index is 0.504. The lowest BCUT2D eigenvalue weighted by Gasteiger charge is -2.42. The first-order valence-electron chi connectivity index (χ1n) is 9.86. The third-order valence-corrected chi connectivity index (χ3v) is 6.56. The van der Waals surface area contributed by atoms with Crippen LogP contribution in [0.1, 0.15) is 89.9 Å². The van der Waals surface area contributed by atoms with Crippen LogP contribution in [-0.4, -0.2) is 29.6 Å². The van der Waals surface area contributed by atoms with E-state index >= 15 is 0 Å². The first kappa shape index (κ1) is 15.8. The van der Waals surface area contributed by atoms with E-state index in [4.69, 9.17) is 5.73 Å². The van der Waals surface area contributed by atoms with Gasteiger partial charge in [0.05, 0.1) is 0 Å². The van der Waals surface area contributed by atoms with E-state index in [-0.39, 0.29) is 0 Å². The van der Waals surface area contributed by atoms with Crippen molar-refractivity contribution in [1.82, 2.24) is 4.90 Å². The van der Waals surface area contributed by atoms with Crippen molar-refractivity contribution >= 4 is 0 Å². The molecule has 0 spiro atoms. The zero-order valence-electron chi connectivity index (χ0n) is 13.9. The van der Waals surface area contributed by atoms with E-state index in [0.29, 0.717) is 6.04 Å². The molecule has 0 aliphatic heterocycles. The van der Waals surface area contributed by atoms with Gasteiger partial charge in [-0.3, -0.25) is 4.90 Å². The molecule has 2 heteroatoms. The molecule has 0 amide bonds. The van der Waals surface area contributed by atoms with Crippen LogP contribution in [-0.2, 0) is 0 Å². The maximum atomic E-state index is 6.30. The quantitative estimate of drug-likeness (QED) is 0.810. The summed E-state index contributed by atoms with van der Waals surface area (Å²) in [5.74, 6) is 0.819. The van der Waals surface area contributed by atoms with Crippen LogP contribution in [0.15, 0.2) is 0 Å². The third kappa shape index (κ3) is 4.22. The lowest BCUT2D eigenvalue weighted by atomic mass is 9.88. The van der Waals surface area contributed by atoms with Crippen molar-refractivity contribution in [2.45, 2.75) is 108 Å². The molecular weight excluding hydrogens is 256 g/mol. The Morgan fingerprint density at radius 1 is 0.667 bits per heavy atom. The molecule has 0 aromatic rings. The molecule has 0 radical (unpaired) electrons. The largest absolute Gasteiger partial charge is 0.327 e. The minimum Gasteiger partial charge on any atom is -0.327 e. The summed E-state index contributed by atoms with van der Waals surface area (Å²) in [4.78, 5) is 2.96. The Bertz CT molecular complexity index is 274. The van der Waals surface area contributed by atoms with Crippen molar-refractivity contribution < 1.29 is 0 Å². The van der Waals surface area contributed by atoms with Gasteiger partial charge in [-0.1, -0.05) is 44.9 Å². The second kappa shape index (κ2) is 7.97. The molecule has 21 heavy (non-hydrogen) atoms. The molecule has 2 nitrogen and oxygen atoms in total. The van der Waals surface area contributed by atoms with E-state index < -0.39 is 0 Å². The maximum Gasteiger partial charge on any atom is 0.00981 e. The third-order valence-electron chi connectivity index (χ3n) is 6.56. The highest BCUT2D eigenvalue weighted by atomic mass is 15.2. The Labute approximate surface area is 131 Å². The molecule has 3 saturated carbocycles. The Morgan fingerprint density at radius 2 is 1.24 bits per heavy atom. The smallest absolute Gasteiger partial charge is 0.00981 e. The van der Waals surface area contributed by atoms with Gasteiger partial charge in [0.1, 0.15) is 0 Å². The molecule has 0 aromatic heterocycles. The van der Waals surface area contributed by atoms with Gasteiger partial charge in [-0.15, -0.1) is 0 Å². The molecular formula is C19H36N2. The van der Waals surface area contributed by atoms with Gasteiger partial charge in [0.15, 0.2) is 0 Å². The Morgan fingerprint density at radius 3 is 1.71 bits per heavy atom. The molecule has 0 bridgehead atoms. The van der Waals surface area contributed by atoms with Crippen LogP contribution in [0.2, 0.25) is 0 Å². The number of rotatable bonds is 5. The number of hydrogen-bond donors (Lipinski definition) is 1. The van der Waals surface area contributed by atoms with Gasteiger partial charge < -0.3 is 5.73 Å². The second-order valence-electron chi connectivity index (χ2n) is 7.97. The van der Waals surface area contributed by atoms with Crippen LogP contribution in [0, 0.1) is 5.92 Å². The van der Waals surface area contributed by atoms with Crippen molar-refractivity contribution in [3.63, 3.8) is 0 Å². The Hall–Kier alpha value is -0.0800. The number of nitrogens with two attached hydrogens (primary N) is 1. The summed E-state index contributed by atoms with van der Waals surface area (Å²) in [5.41, 5.74) is 6.30. The van der Waals surface area contributed by atoms with Gasteiger partial charge in [0, 0.05) is 18.1 Å². The molecule has 2 unspecified atom stereocenters. The monoisotopic (exact) mass is 292 g/mol. The summed E-state index contributed by atoms with van der Waals surface area (Å²) in [7, 11) is 0. The van der Waals surface area contributed by atoms with Crippen molar-refractivity contribution in [2.24, 2.45) is 11.7 Å². The predicted octanol–water partition coefficient (Wildman–Crippen LogP) is 4.47. The fourth-order valence-corrected chi connectivity index (χ4v) is 5.23. The normalized spacial score (nSPS) is 32.9. The van der Waals surface area contributed by atoms with Crippen LogP contribution in [0.5, 0.6) is 0 Å². The van der Waals surface area contributed by atoms with Crippen LogP contribution >= 0.6 is 0 Å². The highest BCUT2D eigenvalue weighted by molar-refractivity contribution is 4.86. The lowest BCUT2D eigenvalue weighted by Crippen LogP contribution is -2.46.